The Morgan fingerprint density at radius 3 is 2.33 bits per heavy atom. The first-order valence-corrected chi connectivity index (χ1v) is 7.66. The second-order valence-corrected chi connectivity index (χ2v) is 5.71. The third-order valence-corrected chi connectivity index (χ3v) is 4.21. The average molecular weight is 246 g/mol. The summed E-state index contributed by atoms with van der Waals surface area (Å²) >= 11 is 0. The minimum atomic E-state index is 0.668. The summed E-state index contributed by atoms with van der Waals surface area (Å²) in [4.78, 5) is 0. The molecular formula is C16H26N2. The molecule has 0 aromatic carbocycles. The standard InChI is InChI=1S/C16H26N2/c1-3-5-13-7-9-14(10-8-13)16-12-11-15(6-4-2)17-18-16/h11-14H,3-10H2,1-2H3/t13-,14-. The summed E-state index contributed by atoms with van der Waals surface area (Å²) in [5.74, 6) is 1.64. The average Bonchev–Trinajstić information content (AvgIpc) is 2.41. The van der Waals surface area contributed by atoms with Gasteiger partial charge in [0.1, 0.15) is 0 Å². The van der Waals surface area contributed by atoms with E-state index in [1.165, 1.54) is 44.2 Å². The molecule has 0 amide bonds. The predicted molar refractivity (Wildman–Crippen MR) is 75.6 cm³/mol. The van der Waals surface area contributed by atoms with Crippen LogP contribution in [0.25, 0.3) is 0 Å². The molecule has 1 heterocycles. The number of rotatable bonds is 5. The van der Waals surface area contributed by atoms with E-state index in [0.29, 0.717) is 5.92 Å². The Labute approximate surface area is 111 Å². The van der Waals surface area contributed by atoms with Crippen molar-refractivity contribution in [2.75, 3.05) is 0 Å². The molecule has 0 bridgehead atoms. The lowest BCUT2D eigenvalue weighted by atomic mass is 9.79. The minimum Gasteiger partial charge on any atom is -0.155 e. The zero-order valence-electron chi connectivity index (χ0n) is 11.9. The lowest BCUT2D eigenvalue weighted by Gasteiger charge is -2.27. The summed E-state index contributed by atoms with van der Waals surface area (Å²) < 4.78 is 0. The van der Waals surface area contributed by atoms with Crippen LogP contribution in [0, 0.1) is 5.92 Å². The van der Waals surface area contributed by atoms with Crippen molar-refractivity contribution in [3.8, 4) is 0 Å². The molecule has 0 aliphatic heterocycles. The molecule has 2 rings (SSSR count). The molecule has 0 atom stereocenters. The summed E-state index contributed by atoms with van der Waals surface area (Å²) in [6.07, 6.45) is 10.3. The maximum Gasteiger partial charge on any atom is 0.0662 e. The summed E-state index contributed by atoms with van der Waals surface area (Å²) in [5.41, 5.74) is 2.37. The molecule has 1 aromatic heterocycles. The van der Waals surface area contributed by atoms with Crippen LogP contribution in [0.1, 0.15) is 76.1 Å². The second-order valence-electron chi connectivity index (χ2n) is 5.71. The number of aryl methyl sites for hydroxylation is 1. The van der Waals surface area contributed by atoms with Crippen molar-refractivity contribution < 1.29 is 0 Å². The van der Waals surface area contributed by atoms with E-state index in [-0.39, 0.29) is 0 Å². The first-order chi connectivity index (χ1) is 8.83. The van der Waals surface area contributed by atoms with Gasteiger partial charge in [0.25, 0.3) is 0 Å². The van der Waals surface area contributed by atoms with Crippen molar-refractivity contribution in [3.05, 3.63) is 23.5 Å². The maximum absolute atomic E-state index is 4.44. The maximum atomic E-state index is 4.44. The van der Waals surface area contributed by atoms with E-state index in [2.05, 4.69) is 36.2 Å². The van der Waals surface area contributed by atoms with Crippen molar-refractivity contribution in [1.29, 1.82) is 0 Å². The molecule has 0 saturated heterocycles. The van der Waals surface area contributed by atoms with Crippen LogP contribution in [0.2, 0.25) is 0 Å². The normalized spacial score (nSPS) is 24.1. The van der Waals surface area contributed by atoms with Gasteiger partial charge in [0, 0.05) is 5.92 Å². The van der Waals surface area contributed by atoms with E-state index >= 15 is 0 Å². The van der Waals surface area contributed by atoms with E-state index in [0.717, 1.165) is 24.5 Å². The molecule has 1 aromatic rings. The van der Waals surface area contributed by atoms with Crippen LogP contribution in [0.5, 0.6) is 0 Å². The highest BCUT2D eigenvalue weighted by molar-refractivity contribution is 5.12. The molecule has 0 unspecified atom stereocenters. The lowest BCUT2D eigenvalue weighted by molar-refractivity contribution is 0.304. The highest BCUT2D eigenvalue weighted by Crippen LogP contribution is 2.36. The number of nitrogens with zero attached hydrogens (tertiary/aromatic N) is 2. The summed E-state index contributed by atoms with van der Waals surface area (Å²) in [5, 5.41) is 8.79. The quantitative estimate of drug-likeness (QED) is 0.764. The molecule has 1 aliphatic carbocycles. The fraction of sp³-hybridized carbons (Fsp3) is 0.750. The third kappa shape index (κ3) is 3.54. The Morgan fingerprint density at radius 1 is 1.00 bits per heavy atom. The van der Waals surface area contributed by atoms with Gasteiger partial charge >= 0.3 is 0 Å². The largest absolute Gasteiger partial charge is 0.155 e. The fourth-order valence-electron chi connectivity index (χ4n) is 3.13. The van der Waals surface area contributed by atoms with E-state index in [9.17, 15) is 0 Å². The molecule has 100 valence electrons. The van der Waals surface area contributed by atoms with Crippen LogP contribution >= 0.6 is 0 Å². The molecule has 2 heteroatoms. The Balaban J connectivity index is 1.89. The predicted octanol–water partition coefficient (Wildman–Crippen LogP) is 4.50. The summed E-state index contributed by atoms with van der Waals surface area (Å²) in [7, 11) is 0. The third-order valence-electron chi connectivity index (χ3n) is 4.21. The van der Waals surface area contributed by atoms with Crippen molar-refractivity contribution in [2.24, 2.45) is 5.92 Å². The van der Waals surface area contributed by atoms with Crippen LogP contribution in [0.4, 0.5) is 0 Å². The zero-order chi connectivity index (χ0) is 12.8. The summed E-state index contributed by atoms with van der Waals surface area (Å²) in [6, 6.07) is 4.38. The van der Waals surface area contributed by atoms with Crippen molar-refractivity contribution >= 4 is 0 Å². The number of aromatic nitrogens is 2. The van der Waals surface area contributed by atoms with Crippen LogP contribution < -0.4 is 0 Å². The topological polar surface area (TPSA) is 25.8 Å². The monoisotopic (exact) mass is 246 g/mol. The minimum absolute atomic E-state index is 0.668. The second kappa shape index (κ2) is 6.86. The summed E-state index contributed by atoms with van der Waals surface area (Å²) in [6.45, 7) is 4.48. The first kappa shape index (κ1) is 13.5. The first-order valence-electron chi connectivity index (χ1n) is 7.66. The van der Waals surface area contributed by atoms with Crippen LogP contribution in [0.15, 0.2) is 12.1 Å². The van der Waals surface area contributed by atoms with Gasteiger partial charge in [-0.2, -0.15) is 10.2 Å². The van der Waals surface area contributed by atoms with E-state index in [1.807, 2.05) is 0 Å². The molecule has 1 aliphatic rings. The Morgan fingerprint density at radius 2 is 1.78 bits per heavy atom. The van der Waals surface area contributed by atoms with Gasteiger partial charge in [0.05, 0.1) is 11.4 Å². The van der Waals surface area contributed by atoms with Crippen LogP contribution in [0.3, 0.4) is 0 Å². The Hall–Kier alpha value is -0.920. The molecule has 2 nitrogen and oxygen atoms in total. The van der Waals surface area contributed by atoms with Gasteiger partial charge in [-0.25, -0.2) is 0 Å². The van der Waals surface area contributed by atoms with Gasteiger partial charge < -0.3 is 0 Å². The zero-order valence-corrected chi connectivity index (χ0v) is 11.9. The van der Waals surface area contributed by atoms with Crippen LogP contribution in [-0.4, -0.2) is 10.2 Å². The molecule has 18 heavy (non-hydrogen) atoms. The van der Waals surface area contributed by atoms with Gasteiger partial charge in [-0.05, 0) is 50.2 Å². The smallest absolute Gasteiger partial charge is 0.0662 e. The molecular weight excluding hydrogens is 220 g/mol. The van der Waals surface area contributed by atoms with E-state index in [1.54, 1.807) is 0 Å². The van der Waals surface area contributed by atoms with Gasteiger partial charge in [-0.1, -0.05) is 33.1 Å². The fourth-order valence-corrected chi connectivity index (χ4v) is 3.13. The molecule has 0 spiro atoms. The SMILES string of the molecule is CCCc1ccc([C@H]2CC[C@H](CCC)CC2)nn1. The lowest BCUT2D eigenvalue weighted by Crippen LogP contribution is -2.14. The van der Waals surface area contributed by atoms with Gasteiger partial charge in [0.2, 0.25) is 0 Å². The molecule has 0 N–H and O–H groups in total. The van der Waals surface area contributed by atoms with Crippen molar-refractivity contribution in [3.63, 3.8) is 0 Å². The highest BCUT2D eigenvalue weighted by atomic mass is 15.1. The number of hydrogen-bond donors (Lipinski definition) is 0. The van der Waals surface area contributed by atoms with Crippen LogP contribution in [-0.2, 0) is 6.42 Å². The molecule has 1 fully saturated rings. The van der Waals surface area contributed by atoms with Gasteiger partial charge in [-0.3, -0.25) is 0 Å². The van der Waals surface area contributed by atoms with E-state index in [4.69, 9.17) is 0 Å². The highest BCUT2D eigenvalue weighted by Gasteiger charge is 2.22. The van der Waals surface area contributed by atoms with Gasteiger partial charge in [-0.15, -0.1) is 0 Å². The van der Waals surface area contributed by atoms with Gasteiger partial charge in [0.15, 0.2) is 0 Å². The number of hydrogen-bond acceptors (Lipinski definition) is 2. The Bertz CT molecular complexity index is 337. The molecule has 1 saturated carbocycles. The van der Waals surface area contributed by atoms with Crippen molar-refractivity contribution in [2.45, 2.75) is 71.1 Å². The Kier molecular flexibility index (Phi) is 5.15. The van der Waals surface area contributed by atoms with Crippen molar-refractivity contribution in [1.82, 2.24) is 10.2 Å². The molecule has 0 radical (unpaired) electrons. The van der Waals surface area contributed by atoms with E-state index < -0.39 is 0 Å².